The molecule has 0 amide bonds. The molecule has 1 aliphatic heterocycles. The van der Waals surface area contributed by atoms with E-state index in [0.29, 0.717) is 6.04 Å². The highest BCUT2D eigenvalue weighted by molar-refractivity contribution is 5.43. The van der Waals surface area contributed by atoms with Crippen LogP contribution in [0.2, 0.25) is 0 Å². The lowest BCUT2D eigenvalue weighted by Crippen LogP contribution is -2.33. The van der Waals surface area contributed by atoms with Crippen LogP contribution < -0.4 is 10.4 Å². The summed E-state index contributed by atoms with van der Waals surface area (Å²) in [5.74, 6) is 0.947. The van der Waals surface area contributed by atoms with Crippen LogP contribution in [0.5, 0.6) is 0 Å². The van der Waals surface area contributed by atoms with E-state index in [1.807, 2.05) is 23.5 Å². The van der Waals surface area contributed by atoms with Gasteiger partial charge < -0.3 is 0 Å². The zero-order chi connectivity index (χ0) is 9.97. The van der Waals surface area contributed by atoms with E-state index in [9.17, 15) is 0 Å². The lowest BCUT2D eigenvalue weighted by atomic mass is 10.2. The molecule has 14 heavy (non-hydrogen) atoms. The summed E-state index contributed by atoms with van der Waals surface area (Å²) in [4.78, 5) is 4.38. The highest BCUT2D eigenvalue weighted by Gasteiger charge is 2.12. The lowest BCUT2D eigenvalue weighted by molar-refractivity contribution is 0.676. The number of hydrazine groups is 1. The predicted octanol–water partition coefficient (Wildman–Crippen LogP) is 1.87. The van der Waals surface area contributed by atoms with Crippen molar-refractivity contribution in [3.05, 3.63) is 36.2 Å². The fourth-order valence-electron chi connectivity index (χ4n) is 1.43. The van der Waals surface area contributed by atoms with Crippen LogP contribution in [0.3, 0.4) is 0 Å². The van der Waals surface area contributed by atoms with E-state index in [1.165, 1.54) is 5.56 Å². The molecule has 0 fully saturated rings. The summed E-state index contributed by atoms with van der Waals surface area (Å²) in [7, 11) is 0. The largest absolute Gasteiger partial charge is 0.267 e. The molecule has 3 nitrogen and oxygen atoms in total. The second-order valence-electron chi connectivity index (χ2n) is 3.51. The Labute approximate surface area is 84.4 Å². The van der Waals surface area contributed by atoms with Gasteiger partial charge >= 0.3 is 0 Å². The molecule has 0 aliphatic carbocycles. The summed E-state index contributed by atoms with van der Waals surface area (Å²) in [5, 5.41) is 1.95. The number of rotatable bonds is 2. The Bertz CT molecular complexity index is 329. The Morgan fingerprint density at radius 1 is 1.50 bits per heavy atom. The van der Waals surface area contributed by atoms with Crippen molar-refractivity contribution in [3.8, 4) is 0 Å². The van der Waals surface area contributed by atoms with E-state index in [-0.39, 0.29) is 0 Å². The summed E-state index contributed by atoms with van der Waals surface area (Å²) in [6.07, 6.45) is 7.08. The number of anilines is 1. The first-order chi connectivity index (χ1) is 6.79. The van der Waals surface area contributed by atoms with Crippen LogP contribution in [0.25, 0.3) is 0 Å². The summed E-state index contributed by atoms with van der Waals surface area (Å²) < 4.78 is 0. The first-order valence-electron chi connectivity index (χ1n) is 4.98. The third-order valence-corrected chi connectivity index (χ3v) is 2.33. The van der Waals surface area contributed by atoms with Crippen molar-refractivity contribution >= 4 is 5.82 Å². The van der Waals surface area contributed by atoms with Crippen LogP contribution in [0.15, 0.2) is 30.6 Å². The summed E-state index contributed by atoms with van der Waals surface area (Å²) >= 11 is 0. The number of nitrogens with zero attached hydrogens (tertiary/aromatic N) is 2. The maximum Gasteiger partial charge on any atom is 0.146 e. The molecule has 2 heterocycles. The zero-order valence-corrected chi connectivity index (χ0v) is 8.57. The van der Waals surface area contributed by atoms with Gasteiger partial charge in [-0.05, 0) is 31.1 Å². The molecular formula is C11H15N3. The molecule has 3 heteroatoms. The van der Waals surface area contributed by atoms with Gasteiger partial charge in [-0.15, -0.1) is 0 Å². The predicted molar refractivity (Wildman–Crippen MR) is 57.8 cm³/mol. The second kappa shape index (κ2) is 3.80. The molecular weight excluding hydrogens is 174 g/mol. The van der Waals surface area contributed by atoms with Crippen LogP contribution in [0, 0.1) is 0 Å². The molecule has 2 rings (SSSR count). The third kappa shape index (κ3) is 1.77. The van der Waals surface area contributed by atoms with Crippen LogP contribution >= 0.6 is 0 Å². The Morgan fingerprint density at radius 2 is 2.36 bits per heavy atom. The quantitative estimate of drug-likeness (QED) is 0.769. The Hall–Kier alpha value is -1.35. The van der Waals surface area contributed by atoms with Crippen molar-refractivity contribution in [2.75, 3.05) is 5.01 Å². The van der Waals surface area contributed by atoms with E-state index in [0.717, 1.165) is 12.2 Å². The van der Waals surface area contributed by atoms with Crippen LogP contribution in [0.1, 0.15) is 19.4 Å². The van der Waals surface area contributed by atoms with Gasteiger partial charge in [0.25, 0.3) is 0 Å². The monoisotopic (exact) mass is 189 g/mol. The molecule has 0 aromatic carbocycles. The van der Waals surface area contributed by atoms with E-state index in [4.69, 9.17) is 0 Å². The molecule has 0 saturated carbocycles. The van der Waals surface area contributed by atoms with Crippen molar-refractivity contribution < 1.29 is 0 Å². The second-order valence-corrected chi connectivity index (χ2v) is 3.51. The molecule has 1 aliphatic rings. The highest BCUT2D eigenvalue weighted by atomic mass is 15.5. The molecule has 0 spiro atoms. The van der Waals surface area contributed by atoms with Gasteiger partial charge in [0.05, 0.1) is 0 Å². The molecule has 1 atom stereocenters. The van der Waals surface area contributed by atoms with Crippen molar-refractivity contribution in [1.82, 2.24) is 10.4 Å². The van der Waals surface area contributed by atoms with Crippen molar-refractivity contribution in [3.63, 3.8) is 0 Å². The Morgan fingerprint density at radius 3 is 2.86 bits per heavy atom. The van der Waals surface area contributed by atoms with Crippen molar-refractivity contribution in [2.24, 2.45) is 0 Å². The topological polar surface area (TPSA) is 28.2 Å². The standard InChI is InChI=1S/C11H15N3/c1-3-10-4-5-11(12-8-10)14-7-6-9(2)13-14/h4-9,13H,3H2,1-2H3. The van der Waals surface area contributed by atoms with Gasteiger partial charge in [0.2, 0.25) is 0 Å². The normalized spacial score (nSPS) is 20.4. The van der Waals surface area contributed by atoms with E-state index < -0.39 is 0 Å². The minimum Gasteiger partial charge on any atom is -0.267 e. The first kappa shape index (κ1) is 9.21. The smallest absolute Gasteiger partial charge is 0.146 e. The van der Waals surface area contributed by atoms with E-state index >= 15 is 0 Å². The highest BCUT2D eigenvalue weighted by Crippen LogP contribution is 2.13. The van der Waals surface area contributed by atoms with Gasteiger partial charge in [0.15, 0.2) is 0 Å². The maximum atomic E-state index is 4.38. The van der Waals surface area contributed by atoms with E-state index in [1.54, 1.807) is 0 Å². The number of aryl methyl sites for hydroxylation is 1. The third-order valence-electron chi connectivity index (χ3n) is 2.33. The van der Waals surface area contributed by atoms with Crippen LogP contribution in [-0.4, -0.2) is 11.0 Å². The van der Waals surface area contributed by atoms with Gasteiger partial charge in [-0.3, -0.25) is 5.01 Å². The van der Waals surface area contributed by atoms with E-state index in [2.05, 4.69) is 36.4 Å². The Balaban J connectivity index is 2.14. The number of nitrogens with one attached hydrogen (secondary N) is 1. The summed E-state index contributed by atoms with van der Waals surface area (Å²) in [6, 6.07) is 4.54. The number of aromatic nitrogens is 1. The van der Waals surface area contributed by atoms with Gasteiger partial charge in [-0.25, -0.2) is 10.4 Å². The van der Waals surface area contributed by atoms with Crippen LogP contribution in [0.4, 0.5) is 5.82 Å². The molecule has 0 bridgehead atoms. The van der Waals surface area contributed by atoms with Gasteiger partial charge in [-0.1, -0.05) is 13.0 Å². The lowest BCUT2D eigenvalue weighted by Gasteiger charge is -2.16. The molecule has 1 unspecified atom stereocenters. The zero-order valence-electron chi connectivity index (χ0n) is 8.57. The number of pyridine rings is 1. The molecule has 0 radical (unpaired) electrons. The Kier molecular flexibility index (Phi) is 2.50. The number of hydrogen-bond donors (Lipinski definition) is 1. The van der Waals surface area contributed by atoms with Gasteiger partial charge in [0.1, 0.15) is 5.82 Å². The van der Waals surface area contributed by atoms with Crippen molar-refractivity contribution in [2.45, 2.75) is 26.3 Å². The van der Waals surface area contributed by atoms with Gasteiger partial charge in [-0.2, -0.15) is 0 Å². The SMILES string of the molecule is CCc1ccc(N2C=CC(C)N2)nc1. The minimum absolute atomic E-state index is 0.391. The van der Waals surface area contributed by atoms with Gasteiger partial charge in [0, 0.05) is 18.4 Å². The van der Waals surface area contributed by atoms with Crippen molar-refractivity contribution in [1.29, 1.82) is 0 Å². The average molecular weight is 189 g/mol. The fourth-order valence-corrected chi connectivity index (χ4v) is 1.43. The first-order valence-corrected chi connectivity index (χ1v) is 4.98. The average Bonchev–Trinajstić information content (AvgIpc) is 2.65. The summed E-state index contributed by atoms with van der Waals surface area (Å²) in [6.45, 7) is 4.24. The molecule has 1 aromatic heterocycles. The summed E-state index contributed by atoms with van der Waals surface area (Å²) in [5.41, 5.74) is 4.54. The molecule has 1 aromatic rings. The molecule has 74 valence electrons. The number of hydrogen-bond acceptors (Lipinski definition) is 3. The fraction of sp³-hybridized carbons (Fsp3) is 0.364. The molecule has 0 saturated heterocycles. The molecule has 1 N–H and O–H groups in total. The van der Waals surface area contributed by atoms with Crippen LogP contribution in [-0.2, 0) is 6.42 Å². The minimum atomic E-state index is 0.391. The maximum absolute atomic E-state index is 4.38.